The van der Waals surface area contributed by atoms with Crippen molar-refractivity contribution in [3.8, 4) is 0 Å². The van der Waals surface area contributed by atoms with Crippen molar-refractivity contribution in [2.75, 3.05) is 0 Å². The molecule has 2 aromatic carbocycles. The quantitative estimate of drug-likeness (QED) is 0.806. The maximum Gasteiger partial charge on any atom is 0.336 e. The maximum atomic E-state index is 11.4. The van der Waals surface area contributed by atoms with E-state index in [0.717, 1.165) is 27.5 Å². The van der Waals surface area contributed by atoms with Crippen LogP contribution in [0.2, 0.25) is 0 Å². The molecule has 0 amide bonds. The lowest BCUT2D eigenvalue weighted by atomic mass is 9.90. The van der Waals surface area contributed by atoms with Gasteiger partial charge in [0.15, 0.2) is 0 Å². The third-order valence-electron chi connectivity index (χ3n) is 3.56. The Bertz CT molecular complexity index is 625. The number of benzene rings is 2. The molecule has 0 saturated carbocycles. The molecule has 0 spiro atoms. The molecule has 0 atom stereocenters. The van der Waals surface area contributed by atoms with E-state index < -0.39 is 5.97 Å². The molecule has 0 saturated heterocycles. The summed E-state index contributed by atoms with van der Waals surface area (Å²) in [6, 6.07) is 5.93. The Morgan fingerprint density at radius 2 is 1.59 bits per heavy atom. The second-order valence-electron chi connectivity index (χ2n) is 4.60. The van der Waals surface area contributed by atoms with Crippen LogP contribution in [0.25, 0.3) is 10.8 Å². The van der Waals surface area contributed by atoms with E-state index in [0.29, 0.717) is 5.56 Å². The largest absolute Gasteiger partial charge is 0.478 e. The van der Waals surface area contributed by atoms with Crippen molar-refractivity contribution in [3.05, 3.63) is 46.0 Å². The molecule has 1 N–H and O–H groups in total. The minimum Gasteiger partial charge on any atom is -0.478 e. The van der Waals surface area contributed by atoms with Gasteiger partial charge in [0, 0.05) is 0 Å². The number of carbonyl (C=O) groups is 1. The summed E-state index contributed by atoms with van der Waals surface area (Å²) in [6.07, 6.45) is 0. The fourth-order valence-corrected chi connectivity index (χ4v) is 2.33. The van der Waals surface area contributed by atoms with Crippen LogP contribution in [-0.4, -0.2) is 11.1 Å². The van der Waals surface area contributed by atoms with Crippen molar-refractivity contribution in [2.45, 2.75) is 27.7 Å². The molecule has 2 rings (SSSR count). The molecule has 0 aliphatic heterocycles. The third kappa shape index (κ3) is 1.70. The molecule has 2 aromatic rings. The highest BCUT2D eigenvalue weighted by Gasteiger charge is 2.16. The average molecular weight is 228 g/mol. The molecular formula is C15H16O2. The average Bonchev–Trinajstić information content (AvgIpc) is 2.27. The van der Waals surface area contributed by atoms with Crippen LogP contribution in [0.15, 0.2) is 18.2 Å². The predicted molar refractivity (Wildman–Crippen MR) is 69.9 cm³/mol. The van der Waals surface area contributed by atoms with Crippen molar-refractivity contribution >= 4 is 16.7 Å². The summed E-state index contributed by atoms with van der Waals surface area (Å²) in [7, 11) is 0. The van der Waals surface area contributed by atoms with Gasteiger partial charge in [0.25, 0.3) is 0 Å². The van der Waals surface area contributed by atoms with Crippen molar-refractivity contribution < 1.29 is 9.90 Å². The Balaban J connectivity index is 3.04. The summed E-state index contributed by atoms with van der Waals surface area (Å²) in [5.41, 5.74) is 4.70. The van der Waals surface area contributed by atoms with Crippen molar-refractivity contribution in [1.29, 1.82) is 0 Å². The van der Waals surface area contributed by atoms with Gasteiger partial charge in [-0.1, -0.05) is 23.8 Å². The molecule has 0 aromatic heterocycles. The van der Waals surface area contributed by atoms with Crippen LogP contribution in [0.4, 0.5) is 0 Å². The SMILES string of the molecule is Cc1ccc2c(C(=O)O)c(C)c(C)c(C)c2c1. The number of aromatic carboxylic acids is 1. The predicted octanol–water partition coefficient (Wildman–Crippen LogP) is 3.77. The molecule has 88 valence electrons. The lowest BCUT2D eigenvalue weighted by Gasteiger charge is -2.14. The number of rotatable bonds is 1. The van der Waals surface area contributed by atoms with Crippen molar-refractivity contribution in [2.24, 2.45) is 0 Å². The summed E-state index contributed by atoms with van der Waals surface area (Å²) in [5.74, 6) is -0.848. The van der Waals surface area contributed by atoms with Gasteiger partial charge in [0.2, 0.25) is 0 Å². The normalized spacial score (nSPS) is 10.8. The topological polar surface area (TPSA) is 37.3 Å². The van der Waals surface area contributed by atoms with E-state index in [4.69, 9.17) is 0 Å². The summed E-state index contributed by atoms with van der Waals surface area (Å²) >= 11 is 0. The smallest absolute Gasteiger partial charge is 0.336 e. The third-order valence-corrected chi connectivity index (χ3v) is 3.56. The molecule has 0 unspecified atom stereocenters. The fourth-order valence-electron chi connectivity index (χ4n) is 2.33. The summed E-state index contributed by atoms with van der Waals surface area (Å²) in [6.45, 7) is 7.94. The van der Waals surface area contributed by atoms with E-state index in [1.807, 2.05) is 32.9 Å². The van der Waals surface area contributed by atoms with E-state index in [-0.39, 0.29) is 0 Å². The molecule has 0 aliphatic rings. The second-order valence-corrected chi connectivity index (χ2v) is 4.60. The van der Waals surface area contributed by atoms with Gasteiger partial charge in [0.1, 0.15) is 0 Å². The highest BCUT2D eigenvalue weighted by atomic mass is 16.4. The van der Waals surface area contributed by atoms with E-state index in [2.05, 4.69) is 13.0 Å². The van der Waals surface area contributed by atoms with Crippen LogP contribution < -0.4 is 0 Å². The summed E-state index contributed by atoms with van der Waals surface area (Å²) in [4.78, 5) is 11.4. The van der Waals surface area contributed by atoms with Crippen LogP contribution >= 0.6 is 0 Å². The van der Waals surface area contributed by atoms with Crippen LogP contribution in [0.3, 0.4) is 0 Å². The Kier molecular flexibility index (Phi) is 2.66. The number of fused-ring (bicyclic) bond motifs is 1. The first-order valence-corrected chi connectivity index (χ1v) is 5.67. The van der Waals surface area contributed by atoms with Crippen molar-refractivity contribution in [3.63, 3.8) is 0 Å². The zero-order chi connectivity index (χ0) is 12.7. The first-order chi connectivity index (χ1) is 7.93. The first-order valence-electron chi connectivity index (χ1n) is 5.67. The molecule has 2 heteroatoms. The van der Waals surface area contributed by atoms with Crippen LogP contribution in [0.1, 0.15) is 32.6 Å². The number of carboxylic acids is 1. The summed E-state index contributed by atoms with van der Waals surface area (Å²) < 4.78 is 0. The van der Waals surface area contributed by atoms with Gasteiger partial charge in [-0.2, -0.15) is 0 Å². The van der Waals surface area contributed by atoms with Crippen LogP contribution in [0, 0.1) is 27.7 Å². The van der Waals surface area contributed by atoms with Gasteiger partial charge in [-0.3, -0.25) is 0 Å². The number of aryl methyl sites for hydroxylation is 2. The van der Waals surface area contributed by atoms with Gasteiger partial charge in [-0.05, 0) is 55.2 Å². The Morgan fingerprint density at radius 3 is 2.18 bits per heavy atom. The number of hydrogen-bond donors (Lipinski definition) is 1. The molecule has 0 fully saturated rings. The minimum absolute atomic E-state index is 0.433. The second kappa shape index (κ2) is 3.88. The van der Waals surface area contributed by atoms with E-state index in [1.54, 1.807) is 0 Å². The first kappa shape index (κ1) is 11.6. The molecule has 0 radical (unpaired) electrons. The van der Waals surface area contributed by atoms with Crippen LogP contribution in [0.5, 0.6) is 0 Å². The Labute approximate surface area is 101 Å². The van der Waals surface area contributed by atoms with E-state index in [9.17, 15) is 9.90 Å². The monoisotopic (exact) mass is 228 g/mol. The van der Waals surface area contributed by atoms with Gasteiger partial charge in [-0.25, -0.2) is 4.79 Å². The van der Waals surface area contributed by atoms with Crippen molar-refractivity contribution in [1.82, 2.24) is 0 Å². The van der Waals surface area contributed by atoms with Gasteiger partial charge in [-0.15, -0.1) is 0 Å². The molecule has 0 aliphatic carbocycles. The zero-order valence-corrected chi connectivity index (χ0v) is 10.6. The van der Waals surface area contributed by atoms with Gasteiger partial charge < -0.3 is 5.11 Å². The highest BCUT2D eigenvalue weighted by molar-refractivity contribution is 6.06. The lowest BCUT2D eigenvalue weighted by molar-refractivity contribution is 0.0698. The zero-order valence-electron chi connectivity index (χ0n) is 10.6. The lowest BCUT2D eigenvalue weighted by Crippen LogP contribution is -2.04. The van der Waals surface area contributed by atoms with Gasteiger partial charge >= 0.3 is 5.97 Å². The molecule has 2 nitrogen and oxygen atoms in total. The van der Waals surface area contributed by atoms with E-state index >= 15 is 0 Å². The van der Waals surface area contributed by atoms with Crippen LogP contribution in [-0.2, 0) is 0 Å². The number of hydrogen-bond acceptors (Lipinski definition) is 1. The fraction of sp³-hybridized carbons (Fsp3) is 0.267. The molecule has 0 heterocycles. The highest BCUT2D eigenvalue weighted by Crippen LogP contribution is 2.30. The van der Waals surface area contributed by atoms with Gasteiger partial charge in [0.05, 0.1) is 5.56 Å². The van der Waals surface area contributed by atoms with E-state index in [1.165, 1.54) is 5.56 Å². The minimum atomic E-state index is -0.848. The molecule has 0 bridgehead atoms. The molecular weight excluding hydrogens is 212 g/mol. The molecule has 17 heavy (non-hydrogen) atoms. The number of carboxylic acid groups (broad SMARTS) is 1. The maximum absolute atomic E-state index is 11.4. The summed E-state index contributed by atoms with van der Waals surface area (Å²) in [5, 5.41) is 11.2. The Hall–Kier alpha value is -1.83. The Morgan fingerprint density at radius 1 is 0.941 bits per heavy atom. The standard InChI is InChI=1S/C15H16O2/c1-8-5-6-12-13(7-8)10(3)9(2)11(4)14(12)15(16)17/h5-7H,1-4H3,(H,16,17).